The largest absolute Gasteiger partial charge is 0.376 e. The van der Waals surface area contributed by atoms with E-state index < -0.39 is 24.6 Å². The molecule has 1 saturated heterocycles. The minimum Gasteiger partial charge on any atom is -0.376 e. The van der Waals surface area contributed by atoms with Crippen LogP contribution in [0, 0.1) is 0 Å². The molecule has 0 aromatic heterocycles. The van der Waals surface area contributed by atoms with Gasteiger partial charge in [0.25, 0.3) is 0 Å². The van der Waals surface area contributed by atoms with Crippen molar-refractivity contribution in [2.45, 2.75) is 64.5 Å². The Morgan fingerprint density at radius 1 is 1.27 bits per heavy atom. The van der Waals surface area contributed by atoms with Crippen LogP contribution >= 0.6 is 0 Å². The van der Waals surface area contributed by atoms with Gasteiger partial charge in [0.05, 0.1) is 18.8 Å². The zero-order valence-electron chi connectivity index (χ0n) is 13.7. The molecule has 2 aliphatic heterocycles. The molecule has 2 aliphatic rings. The summed E-state index contributed by atoms with van der Waals surface area (Å²) in [4.78, 5) is 1.71. The van der Waals surface area contributed by atoms with E-state index in [1.54, 1.807) is 11.1 Å². The molecule has 0 aromatic carbocycles. The molecular formula is C17H26FNO3. The molecule has 1 fully saturated rings. The average Bonchev–Trinajstić information content (AvgIpc) is 2.74. The Kier molecular flexibility index (Phi) is 5.78. The molecule has 5 heteroatoms. The maximum absolute atomic E-state index is 14.9. The van der Waals surface area contributed by atoms with Gasteiger partial charge < -0.3 is 19.1 Å². The Morgan fingerprint density at radius 3 is 2.59 bits per heavy atom. The van der Waals surface area contributed by atoms with Gasteiger partial charge in [0.15, 0.2) is 12.4 Å². The molecule has 4 nitrogen and oxygen atoms in total. The standard InChI is InChI=1S/C17H26FNO3/c1-11(2)20-10-14-16(21-12(3)4)15(18)17(22-14)19-9-7-6-8-13(19)5/h6-9,11-12,14-17H,5,10H2,1-4H3/t14-,15-,16-,17-/m1/s1. The van der Waals surface area contributed by atoms with Crippen molar-refractivity contribution in [2.24, 2.45) is 0 Å². The lowest BCUT2D eigenvalue weighted by atomic mass is 10.1. The number of ether oxygens (including phenoxy) is 3. The Morgan fingerprint density at radius 2 is 2.00 bits per heavy atom. The maximum Gasteiger partial charge on any atom is 0.174 e. The number of halogens is 1. The minimum absolute atomic E-state index is 0.0631. The topological polar surface area (TPSA) is 30.9 Å². The van der Waals surface area contributed by atoms with E-state index >= 15 is 0 Å². The van der Waals surface area contributed by atoms with E-state index in [2.05, 4.69) is 6.58 Å². The highest BCUT2D eigenvalue weighted by Crippen LogP contribution is 2.33. The molecule has 0 amide bonds. The molecule has 22 heavy (non-hydrogen) atoms. The lowest BCUT2D eigenvalue weighted by Crippen LogP contribution is -2.40. The second kappa shape index (κ2) is 7.40. The molecule has 124 valence electrons. The van der Waals surface area contributed by atoms with Crippen LogP contribution in [0.25, 0.3) is 0 Å². The number of hydrogen-bond donors (Lipinski definition) is 0. The Hall–Kier alpha value is -1.17. The zero-order valence-corrected chi connectivity index (χ0v) is 13.7. The van der Waals surface area contributed by atoms with Crippen LogP contribution in [0.2, 0.25) is 0 Å². The number of hydrogen-bond acceptors (Lipinski definition) is 4. The van der Waals surface area contributed by atoms with Crippen LogP contribution in [0.1, 0.15) is 27.7 Å². The molecular weight excluding hydrogens is 285 g/mol. The number of alkyl halides is 1. The van der Waals surface area contributed by atoms with Crippen molar-refractivity contribution in [1.82, 2.24) is 4.90 Å². The molecule has 2 heterocycles. The zero-order chi connectivity index (χ0) is 16.3. The summed E-state index contributed by atoms with van der Waals surface area (Å²) in [5.41, 5.74) is 0.698. The summed E-state index contributed by atoms with van der Waals surface area (Å²) in [5, 5.41) is 0. The third kappa shape index (κ3) is 3.97. The van der Waals surface area contributed by atoms with E-state index in [-0.39, 0.29) is 12.2 Å². The highest BCUT2D eigenvalue weighted by atomic mass is 19.1. The van der Waals surface area contributed by atoms with Crippen LogP contribution in [0.15, 0.2) is 36.7 Å². The third-order valence-corrected chi connectivity index (χ3v) is 3.54. The van der Waals surface area contributed by atoms with E-state index in [4.69, 9.17) is 14.2 Å². The van der Waals surface area contributed by atoms with Crippen molar-refractivity contribution >= 4 is 0 Å². The Bertz CT molecular complexity index is 447. The fraction of sp³-hybridized carbons (Fsp3) is 0.647. The van der Waals surface area contributed by atoms with Gasteiger partial charge in [-0.2, -0.15) is 0 Å². The summed E-state index contributed by atoms with van der Waals surface area (Å²) in [6, 6.07) is 0. The van der Waals surface area contributed by atoms with E-state index in [9.17, 15) is 4.39 Å². The van der Waals surface area contributed by atoms with Crippen LogP contribution in [0.4, 0.5) is 4.39 Å². The first-order valence-corrected chi connectivity index (χ1v) is 7.79. The smallest absolute Gasteiger partial charge is 0.174 e. The summed E-state index contributed by atoms with van der Waals surface area (Å²) in [6.07, 6.45) is 4.20. The van der Waals surface area contributed by atoms with Gasteiger partial charge in [-0.1, -0.05) is 12.7 Å². The van der Waals surface area contributed by atoms with E-state index in [0.717, 1.165) is 0 Å². The normalized spacial score (nSPS) is 31.8. The monoisotopic (exact) mass is 311 g/mol. The van der Waals surface area contributed by atoms with Crippen LogP contribution < -0.4 is 0 Å². The fourth-order valence-electron chi connectivity index (χ4n) is 2.56. The first kappa shape index (κ1) is 17.2. The van der Waals surface area contributed by atoms with E-state index in [0.29, 0.717) is 12.3 Å². The predicted molar refractivity (Wildman–Crippen MR) is 83.9 cm³/mol. The van der Waals surface area contributed by atoms with Gasteiger partial charge in [-0.25, -0.2) is 4.39 Å². The third-order valence-electron chi connectivity index (χ3n) is 3.54. The second-order valence-corrected chi connectivity index (χ2v) is 6.14. The fourth-order valence-corrected chi connectivity index (χ4v) is 2.56. The van der Waals surface area contributed by atoms with Crippen molar-refractivity contribution in [3.63, 3.8) is 0 Å². The lowest BCUT2D eigenvalue weighted by Gasteiger charge is -2.30. The molecule has 0 aromatic rings. The Balaban J connectivity index is 2.11. The molecule has 2 rings (SSSR count). The van der Waals surface area contributed by atoms with Crippen molar-refractivity contribution in [1.29, 1.82) is 0 Å². The van der Waals surface area contributed by atoms with Crippen LogP contribution in [0.3, 0.4) is 0 Å². The molecule has 4 atom stereocenters. The van der Waals surface area contributed by atoms with Crippen LogP contribution in [-0.2, 0) is 14.2 Å². The SMILES string of the molecule is C=C1C=CC=CN1[C@@H]1O[C@H](COC(C)C)[C@@H](OC(C)C)[C@H]1F. The van der Waals surface area contributed by atoms with Crippen LogP contribution in [0.5, 0.6) is 0 Å². The number of allylic oxidation sites excluding steroid dienone is 3. The summed E-state index contributed by atoms with van der Waals surface area (Å²) in [5.74, 6) is 0. The molecule has 0 N–H and O–H groups in total. The van der Waals surface area contributed by atoms with Gasteiger partial charge in [-0.05, 0) is 39.8 Å². The van der Waals surface area contributed by atoms with Gasteiger partial charge in [0.1, 0.15) is 12.2 Å². The minimum atomic E-state index is -1.27. The first-order valence-electron chi connectivity index (χ1n) is 7.79. The van der Waals surface area contributed by atoms with Crippen molar-refractivity contribution in [2.75, 3.05) is 6.61 Å². The maximum atomic E-state index is 14.9. The van der Waals surface area contributed by atoms with Crippen LogP contribution in [-0.4, -0.2) is 48.3 Å². The highest BCUT2D eigenvalue weighted by Gasteiger charge is 2.49. The molecule has 0 spiro atoms. The predicted octanol–water partition coefficient (Wildman–Crippen LogP) is 3.17. The van der Waals surface area contributed by atoms with Gasteiger partial charge in [-0.15, -0.1) is 0 Å². The molecule has 0 bridgehead atoms. The average molecular weight is 311 g/mol. The first-order chi connectivity index (χ1) is 10.4. The van der Waals surface area contributed by atoms with E-state index in [1.807, 2.05) is 45.9 Å². The highest BCUT2D eigenvalue weighted by molar-refractivity contribution is 5.26. The van der Waals surface area contributed by atoms with Crippen molar-refractivity contribution < 1.29 is 18.6 Å². The molecule has 0 radical (unpaired) electrons. The van der Waals surface area contributed by atoms with Gasteiger partial charge in [0.2, 0.25) is 0 Å². The van der Waals surface area contributed by atoms with Crippen molar-refractivity contribution in [3.05, 3.63) is 36.7 Å². The number of nitrogens with zero attached hydrogens (tertiary/aromatic N) is 1. The number of rotatable bonds is 6. The molecule has 0 saturated carbocycles. The summed E-state index contributed by atoms with van der Waals surface area (Å²) in [7, 11) is 0. The molecule has 0 aliphatic carbocycles. The summed E-state index contributed by atoms with van der Waals surface area (Å²) < 4.78 is 32.2. The van der Waals surface area contributed by atoms with Crippen molar-refractivity contribution in [3.8, 4) is 0 Å². The van der Waals surface area contributed by atoms with Gasteiger partial charge >= 0.3 is 0 Å². The quantitative estimate of drug-likeness (QED) is 0.754. The van der Waals surface area contributed by atoms with Gasteiger partial charge in [0, 0.05) is 11.9 Å². The molecule has 0 unspecified atom stereocenters. The van der Waals surface area contributed by atoms with Gasteiger partial charge in [-0.3, -0.25) is 0 Å². The lowest BCUT2D eigenvalue weighted by molar-refractivity contribution is -0.0997. The Labute approximate surface area is 132 Å². The summed E-state index contributed by atoms with van der Waals surface area (Å²) in [6.45, 7) is 11.9. The second-order valence-electron chi connectivity index (χ2n) is 6.14. The summed E-state index contributed by atoms with van der Waals surface area (Å²) >= 11 is 0. The van der Waals surface area contributed by atoms with E-state index in [1.165, 1.54) is 0 Å².